The highest BCUT2D eigenvalue weighted by molar-refractivity contribution is 5.69. The van der Waals surface area contributed by atoms with Gasteiger partial charge in [-0.2, -0.15) is 0 Å². The number of rotatable bonds is 33. The zero-order chi connectivity index (χ0) is 31.5. The van der Waals surface area contributed by atoms with Crippen molar-refractivity contribution in [3.05, 3.63) is 36.5 Å². The van der Waals surface area contributed by atoms with Crippen LogP contribution in [0.5, 0.6) is 0 Å². The number of hydrogen-bond acceptors (Lipinski definition) is 3. The lowest BCUT2D eigenvalue weighted by atomic mass is 10.1. The van der Waals surface area contributed by atoms with Crippen LogP contribution in [-0.4, -0.2) is 23.1 Å². The first-order valence-corrected chi connectivity index (χ1v) is 18.5. The number of aliphatic carboxylic acids is 1. The molecule has 0 spiro atoms. The minimum Gasteiger partial charge on any atom is -0.481 e. The number of allylic oxidation sites excluding steroid dienone is 5. The molecule has 43 heavy (non-hydrogen) atoms. The smallest absolute Gasteiger partial charge is 0.306 e. The van der Waals surface area contributed by atoms with E-state index in [1.54, 1.807) is 0 Å². The fourth-order valence-corrected chi connectivity index (χ4v) is 5.30. The fraction of sp³-hybridized carbons (Fsp3) is 0.795. The molecule has 0 aromatic carbocycles. The van der Waals surface area contributed by atoms with Crippen molar-refractivity contribution in [2.24, 2.45) is 0 Å². The highest BCUT2D eigenvalue weighted by atomic mass is 16.5. The Balaban J connectivity index is 4.01. The lowest BCUT2D eigenvalue weighted by Gasteiger charge is -2.15. The van der Waals surface area contributed by atoms with Gasteiger partial charge >= 0.3 is 11.9 Å². The van der Waals surface area contributed by atoms with Crippen LogP contribution in [0.2, 0.25) is 0 Å². The molecule has 0 aliphatic carbocycles. The monoisotopic (exact) mass is 603 g/mol. The van der Waals surface area contributed by atoms with Crippen molar-refractivity contribution >= 4 is 11.9 Å². The summed E-state index contributed by atoms with van der Waals surface area (Å²) in [7, 11) is 0. The van der Waals surface area contributed by atoms with E-state index in [0.717, 1.165) is 57.8 Å². The van der Waals surface area contributed by atoms with Gasteiger partial charge in [-0.25, -0.2) is 0 Å². The Bertz CT molecular complexity index is 693. The van der Waals surface area contributed by atoms with Gasteiger partial charge in [-0.15, -0.1) is 0 Å². The lowest BCUT2D eigenvalue weighted by Crippen LogP contribution is -2.16. The van der Waals surface area contributed by atoms with Gasteiger partial charge < -0.3 is 9.84 Å². The largest absolute Gasteiger partial charge is 0.481 e. The van der Waals surface area contributed by atoms with E-state index in [4.69, 9.17) is 9.84 Å². The average Bonchev–Trinajstić information content (AvgIpc) is 2.99. The van der Waals surface area contributed by atoms with E-state index in [-0.39, 0.29) is 18.5 Å². The van der Waals surface area contributed by atoms with Gasteiger partial charge in [0.15, 0.2) is 0 Å². The van der Waals surface area contributed by atoms with Crippen molar-refractivity contribution in [1.82, 2.24) is 0 Å². The molecule has 0 bridgehead atoms. The number of carboxylic acid groups (broad SMARTS) is 1. The van der Waals surface area contributed by atoms with Crippen molar-refractivity contribution in [2.75, 3.05) is 0 Å². The van der Waals surface area contributed by atoms with Crippen LogP contribution in [0, 0.1) is 0 Å². The van der Waals surface area contributed by atoms with Crippen LogP contribution < -0.4 is 0 Å². The Morgan fingerprint density at radius 1 is 0.535 bits per heavy atom. The van der Waals surface area contributed by atoms with Gasteiger partial charge in [-0.1, -0.05) is 141 Å². The number of carbonyl (C=O) groups is 2. The quantitative estimate of drug-likeness (QED) is 0.0461. The molecule has 0 aliphatic rings. The molecule has 0 radical (unpaired) electrons. The molecule has 1 atom stereocenters. The van der Waals surface area contributed by atoms with E-state index in [9.17, 15) is 9.59 Å². The predicted molar refractivity (Wildman–Crippen MR) is 186 cm³/mol. The SMILES string of the molecule is CCCCC/C=C\C/C=C\CCCCCCCCCC(=O)OC(/C=C\CCCCCCCCC)CCCCCCC(=O)O. The summed E-state index contributed by atoms with van der Waals surface area (Å²) in [6.45, 7) is 4.50. The zero-order valence-corrected chi connectivity index (χ0v) is 28.5. The number of unbranched alkanes of at least 4 members (excludes halogenated alkanes) is 20. The normalized spacial score (nSPS) is 12.6. The van der Waals surface area contributed by atoms with Crippen LogP contribution in [-0.2, 0) is 14.3 Å². The van der Waals surface area contributed by atoms with E-state index in [2.05, 4.69) is 50.3 Å². The maximum atomic E-state index is 12.6. The lowest BCUT2D eigenvalue weighted by molar-refractivity contribution is -0.147. The summed E-state index contributed by atoms with van der Waals surface area (Å²) in [5.41, 5.74) is 0. The van der Waals surface area contributed by atoms with Gasteiger partial charge in [0, 0.05) is 12.8 Å². The van der Waals surface area contributed by atoms with Crippen LogP contribution in [0.4, 0.5) is 0 Å². The second kappa shape index (κ2) is 34.6. The van der Waals surface area contributed by atoms with Crippen molar-refractivity contribution in [2.45, 2.75) is 200 Å². The molecule has 250 valence electrons. The van der Waals surface area contributed by atoms with Gasteiger partial charge in [0.25, 0.3) is 0 Å². The van der Waals surface area contributed by atoms with E-state index < -0.39 is 5.97 Å². The third-order valence-corrected chi connectivity index (χ3v) is 8.07. The first-order valence-electron chi connectivity index (χ1n) is 18.5. The highest BCUT2D eigenvalue weighted by Gasteiger charge is 2.11. The molecule has 0 aromatic heterocycles. The third-order valence-electron chi connectivity index (χ3n) is 8.07. The fourth-order valence-electron chi connectivity index (χ4n) is 5.30. The topological polar surface area (TPSA) is 63.6 Å². The highest BCUT2D eigenvalue weighted by Crippen LogP contribution is 2.15. The van der Waals surface area contributed by atoms with Crippen molar-refractivity contribution in [1.29, 1.82) is 0 Å². The van der Waals surface area contributed by atoms with Crippen molar-refractivity contribution in [3.63, 3.8) is 0 Å². The van der Waals surface area contributed by atoms with E-state index in [1.807, 2.05) is 0 Å². The van der Waals surface area contributed by atoms with Crippen LogP contribution >= 0.6 is 0 Å². The first kappa shape index (κ1) is 41.2. The molecule has 0 saturated carbocycles. The average molecular weight is 603 g/mol. The Morgan fingerprint density at radius 3 is 1.56 bits per heavy atom. The molecule has 4 heteroatoms. The van der Waals surface area contributed by atoms with Gasteiger partial charge in [-0.05, 0) is 76.7 Å². The van der Waals surface area contributed by atoms with Crippen LogP contribution in [0.3, 0.4) is 0 Å². The molecule has 0 amide bonds. The van der Waals surface area contributed by atoms with Crippen LogP contribution in [0.1, 0.15) is 194 Å². The Kier molecular flexibility index (Phi) is 33.2. The third kappa shape index (κ3) is 34.5. The number of esters is 1. The molecule has 0 heterocycles. The molecule has 0 rings (SSSR count). The summed E-state index contributed by atoms with van der Waals surface area (Å²) in [6.07, 6.45) is 44.5. The van der Waals surface area contributed by atoms with Crippen molar-refractivity contribution in [3.8, 4) is 0 Å². The maximum absolute atomic E-state index is 12.6. The number of carboxylic acids is 1. The molecule has 0 saturated heterocycles. The van der Waals surface area contributed by atoms with Gasteiger partial charge in [0.2, 0.25) is 0 Å². The summed E-state index contributed by atoms with van der Waals surface area (Å²) in [6, 6.07) is 0. The summed E-state index contributed by atoms with van der Waals surface area (Å²) in [4.78, 5) is 23.3. The van der Waals surface area contributed by atoms with Crippen molar-refractivity contribution < 1.29 is 19.4 Å². The standard InChI is InChI=1S/C39H70O4/c1-3-5-7-9-11-13-14-15-16-17-18-19-20-22-24-26-32-36-39(42)43-37(34-30-27-28-31-35-38(40)41)33-29-25-23-21-12-10-8-6-4-2/h11,13,15-16,29,33,37H,3-10,12,14,17-28,30-32,34-36H2,1-2H3,(H,40,41)/b13-11-,16-15-,33-29-. The Morgan fingerprint density at radius 2 is 0.977 bits per heavy atom. The summed E-state index contributed by atoms with van der Waals surface area (Å²) < 4.78 is 5.87. The Labute approximate surface area is 267 Å². The molecule has 0 aromatic rings. The molecule has 1 N–H and O–H groups in total. The van der Waals surface area contributed by atoms with Crippen LogP contribution in [0.15, 0.2) is 36.5 Å². The Hall–Kier alpha value is -1.84. The van der Waals surface area contributed by atoms with E-state index >= 15 is 0 Å². The van der Waals surface area contributed by atoms with E-state index in [1.165, 1.54) is 109 Å². The summed E-state index contributed by atoms with van der Waals surface area (Å²) in [5, 5.41) is 8.81. The second-order valence-corrected chi connectivity index (χ2v) is 12.4. The van der Waals surface area contributed by atoms with Gasteiger partial charge in [0.05, 0.1) is 0 Å². The minimum atomic E-state index is -0.722. The molecule has 0 aliphatic heterocycles. The maximum Gasteiger partial charge on any atom is 0.306 e. The van der Waals surface area contributed by atoms with Gasteiger partial charge in [0.1, 0.15) is 6.10 Å². The first-order chi connectivity index (χ1) is 21.1. The molecule has 0 fully saturated rings. The van der Waals surface area contributed by atoms with E-state index in [0.29, 0.717) is 6.42 Å². The summed E-state index contributed by atoms with van der Waals surface area (Å²) in [5.74, 6) is -0.793. The van der Waals surface area contributed by atoms with Gasteiger partial charge in [-0.3, -0.25) is 9.59 Å². The molecular formula is C39H70O4. The zero-order valence-electron chi connectivity index (χ0n) is 28.5. The minimum absolute atomic E-state index is 0.0703. The number of carbonyl (C=O) groups excluding carboxylic acids is 1. The number of hydrogen-bond donors (Lipinski definition) is 1. The predicted octanol–water partition coefficient (Wildman–Crippen LogP) is 12.6. The number of ether oxygens (including phenoxy) is 1. The molecule has 4 nitrogen and oxygen atoms in total. The molecular weight excluding hydrogens is 532 g/mol. The summed E-state index contributed by atoms with van der Waals surface area (Å²) >= 11 is 0. The van der Waals surface area contributed by atoms with Crippen LogP contribution in [0.25, 0.3) is 0 Å². The molecule has 1 unspecified atom stereocenters. The second-order valence-electron chi connectivity index (χ2n) is 12.4.